The molecule has 2 rings (SSSR count). The van der Waals surface area contributed by atoms with Crippen LogP contribution in [-0.2, 0) is 9.53 Å². The van der Waals surface area contributed by atoms with Crippen molar-refractivity contribution in [3.63, 3.8) is 0 Å². The Bertz CT molecular complexity index is 231. The highest BCUT2D eigenvalue weighted by atomic mass is 16.5. The van der Waals surface area contributed by atoms with Crippen molar-refractivity contribution in [2.45, 2.75) is 30.8 Å². The Kier molecular flexibility index (Phi) is 2.04. The van der Waals surface area contributed by atoms with Gasteiger partial charge in [0.25, 0.3) is 0 Å². The average molecular weight is 185 g/mol. The maximum Gasteiger partial charge on any atom is 0.308 e. The summed E-state index contributed by atoms with van der Waals surface area (Å²) in [6.07, 6.45) is 2.75. The molecular weight excluding hydrogens is 170 g/mol. The van der Waals surface area contributed by atoms with Crippen LogP contribution in [0.1, 0.15) is 19.3 Å². The lowest BCUT2D eigenvalue weighted by atomic mass is 9.81. The maximum absolute atomic E-state index is 10.9. The van der Waals surface area contributed by atoms with Gasteiger partial charge in [0, 0.05) is 18.7 Å². The molecule has 0 spiro atoms. The van der Waals surface area contributed by atoms with Gasteiger partial charge in [-0.05, 0) is 19.3 Å². The van der Waals surface area contributed by atoms with Gasteiger partial charge in [-0.1, -0.05) is 0 Å². The number of hydrogen-bond acceptors (Lipinski definition) is 3. The van der Waals surface area contributed by atoms with Crippen molar-refractivity contribution < 1.29 is 14.6 Å². The van der Waals surface area contributed by atoms with E-state index in [4.69, 9.17) is 9.84 Å². The van der Waals surface area contributed by atoms with Gasteiger partial charge in [-0.3, -0.25) is 4.79 Å². The first kappa shape index (κ1) is 8.97. The third-order valence-corrected chi connectivity index (χ3v) is 3.26. The molecule has 2 fully saturated rings. The first-order chi connectivity index (χ1) is 6.17. The van der Waals surface area contributed by atoms with Crippen molar-refractivity contribution in [1.29, 1.82) is 0 Å². The van der Waals surface area contributed by atoms with Gasteiger partial charge in [0.1, 0.15) is 0 Å². The van der Waals surface area contributed by atoms with E-state index < -0.39 is 5.97 Å². The Morgan fingerprint density at radius 1 is 1.77 bits per heavy atom. The number of carbonyl (C=O) groups is 1. The predicted molar refractivity (Wildman–Crippen MR) is 46.5 cm³/mol. The van der Waals surface area contributed by atoms with E-state index in [9.17, 15) is 4.79 Å². The topological polar surface area (TPSA) is 58.6 Å². The largest absolute Gasteiger partial charge is 0.481 e. The van der Waals surface area contributed by atoms with E-state index in [0.29, 0.717) is 6.61 Å². The molecule has 0 aromatic carbocycles. The number of fused-ring (bicyclic) bond motifs is 2. The van der Waals surface area contributed by atoms with E-state index in [1.54, 1.807) is 7.11 Å². The summed E-state index contributed by atoms with van der Waals surface area (Å²) in [6.45, 7) is 0.632. The number of rotatable bonds is 3. The fourth-order valence-corrected chi connectivity index (χ4v) is 2.70. The standard InChI is InChI=1S/C9H15NO3/c1-13-5-9-3-2-7(10-9)6(4-9)8(11)12/h6-7,10H,2-5H2,1H3,(H,11,12)/t6-,7-,9+/m1/s1. The fourth-order valence-electron chi connectivity index (χ4n) is 2.70. The smallest absolute Gasteiger partial charge is 0.308 e. The van der Waals surface area contributed by atoms with Gasteiger partial charge in [-0.25, -0.2) is 0 Å². The van der Waals surface area contributed by atoms with Crippen LogP contribution >= 0.6 is 0 Å². The zero-order valence-corrected chi connectivity index (χ0v) is 7.75. The number of carboxylic acid groups (broad SMARTS) is 1. The average Bonchev–Trinajstić information content (AvgIpc) is 2.61. The molecule has 2 N–H and O–H groups in total. The molecule has 13 heavy (non-hydrogen) atoms. The second-order valence-electron chi connectivity index (χ2n) is 4.15. The first-order valence-corrected chi connectivity index (χ1v) is 4.66. The van der Waals surface area contributed by atoms with Crippen molar-refractivity contribution in [1.82, 2.24) is 5.32 Å². The van der Waals surface area contributed by atoms with Gasteiger partial charge in [-0.2, -0.15) is 0 Å². The molecule has 74 valence electrons. The first-order valence-electron chi connectivity index (χ1n) is 4.66. The Morgan fingerprint density at radius 3 is 3.08 bits per heavy atom. The van der Waals surface area contributed by atoms with Crippen LogP contribution in [-0.4, -0.2) is 36.4 Å². The number of aliphatic carboxylic acids is 1. The molecule has 0 saturated carbocycles. The molecule has 0 amide bonds. The summed E-state index contributed by atoms with van der Waals surface area (Å²) in [7, 11) is 1.66. The summed E-state index contributed by atoms with van der Waals surface area (Å²) in [6, 6.07) is 0.174. The summed E-state index contributed by atoms with van der Waals surface area (Å²) in [5.74, 6) is -0.876. The summed E-state index contributed by atoms with van der Waals surface area (Å²) >= 11 is 0. The molecule has 0 aromatic rings. The van der Waals surface area contributed by atoms with Gasteiger partial charge in [0.2, 0.25) is 0 Å². The Hall–Kier alpha value is -0.610. The molecule has 2 aliphatic rings. The van der Waals surface area contributed by atoms with Crippen LogP contribution in [0.4, 0.5) is 0 Å². The van der Waals surface area contributed by atoms with Crippen LogP contribution < -0.4 is 5.32 Å². The van der Waals surface area contributed by atoms with E-state index >= 15 is 0 Å². The Balaban J connectivity index is 2.08. The van der Waals surface area contributed by atoms with Crippen molar-refractivity contribution >= 4 is 5.97 Å². The van der Waals surface area contributed by atoms with Crippen LogP contribution in [0.2, 0.25) is 0 Å². The van der Waals surface area contributed by atoms with Crippen LogP contribution in [0.3, 0.4) is 0 Å². The molecule has 0 radical (unpaired) electrons. The van der Waals surface area contributed by atoms with E-state index in [1.807, 2.05) is 0 Å². The van der Waals surface area contributed by atoms with Gasteiger partial charge < -0.3 is 15.2 Å². The normalized spacial score (nSPS) is 42.5. The van der Waals surface area contributed by atoms with E-state index in [0.717, 1.165) is 19.3 Å². The van der Waals surface area contributed by atoms with Crippen LogP contribution in [0.5, 0.6) is 0 Å². The van der Waals surface area contributed by atoms with Crippen molar-refractivity contribution in [3.8, 4) is 0 Å². The van der Waals surface area contributed by atoms with Gasteiger partial charge in [0.15, 0.2) is 0 Å². The number of carboxylic acids is 1. The summed E-state index contributed by atoms with van der Waals surface area (Å²) in [5.41, 5.74) is -0.0392. The second-order valence-corrected chi connectivity index (χ2v) is 4.15. The monoisotopic (exact) mass is 185 g/mol. The minimum absolute atomic E-state index is 0.0392. The number of ether oxygens (including phenoxy) is 1. The molecule has 3 atom stereocenters. The SMILES string of the molecule is COC[C@@]12CC[C@@H](N1)[C@H](C(=O)O)C2. The highest BCUT2D eigenvalue weighted by Crippen LogP contribution is 2.41. The van der Waals surface area contributed by atoms with E-state index in [-0.39, 0.29) is 17.5 Å². The number of methoxy groups -OCH3 is 1. The molecule has 2 bridgehead atoms. The highest BCUT2D eigenvalue weighted by Gasteiger charge is 2.52. The molecule has 0 aliphatic carbocycles. The lowest BCUT2D eigenvalue weighted by molar-refractivity contribution is -0.142. The molecular formula is C9H15NO3. The lowest BCUT2D eigenvalue weighted by Crippen LogP contribution is -2.40. The zero-order valence-electron chi connectivity index (χ0n) is 7.75. The van der Waals surface area contributed by atoms with Gasteiger partial charge in [0.05, 0.1) is 12.5 Å². The molecule has 2 aliphatic heterocycles. The minimum atomic E-state index is -0.671. The lowest BCUT2D eigenvalue weighted by Gasteiger charge is -2.26. The third kappa shape index (κ3) is 1.34. The molecule has 2 heterocycles. The van der Waals surface area contributed by atoms with Crippen LogP contribution in [0.15, 0.2) is 0 Å². The Morgan fingerprint density at radius 2 is 2.54 bits per heavy atom. The van der Waals surface area contributed by atoms with E-state index in [1.165, 1.54) is 0 Å². The highest BCUT2D eigenvalue weighted by molar-refractivity contribution is 5.72. The second kappa shape index (κ2) is 2.96. The molecule has 4 heteroatoms. The summed E-state index contributed by atoms with van der Waals surface area (Å²) < 4.78 is 5.12. The van der Waals surface area contributed by atoms with Crippen LogP contribution in [0.25, 0.3) is 0 Å². The van der Waals surface area contributed by atoms with Gasteiger partial charge in [-0.15, -0.1) is 0 Å². The number of nitrogens with one attached hydrogen (secondary N) is 1. The molecule has 0 unspecified atom stereocenters. The minimum Gasteiger partial charge on any atom is -0.481 e. The van der Waals surface area contributed by atoms with E-state index in [2.05, 4.69) is 5.32 Å². The fraction of sp³-hybridized carbons (Fsp3) is 0.889. The predicted octanol–water partition coefficient (Wildman–Crippen LogP) is 0.228. The van der Waals surface area contributed by atoms with Crippen molar-refractivity contribution in [3.05, 3.63) is 0 Å². The quantitative estimate of drug-likeness (QED) is 0.660. The molecule has 4 nitrogen and oxygen atoms in total. The number of hydrogen-bond donors (Lipinski definition) is 2. The zero-order chi connectivity index (χ0) is 9.47. The van der Waals surface area contributed by atoms with Crippen molar-refractivity contribution in [2.75, 3.05) is 13.7 Å². The third-order valence-electron chi connectivity index (χ3n) is 3.26. The van der Waals surface area contributed by atoms with Crippen molar-refractivity contribution in [2.24, 2.45) is 5.92 Å². The molecule has 0 aromatic heterocycles. The van der Waals surface area contributed by atoms with Gasteiger partial charge >= 0.3 is 5.97 Å². The Labute approximate surface area is 77.3 Å². The maximum atomic E-state index is 10.9. The molecule has 2 saturated heterocycles. The summed E-state index contributed by atoms with van der Waals surface area (Å²) in [5, 5.41) is 12.3. The van der Waals surface area contributed by atoms with Crippen LogP contribution in [0, 0.1) is 5.92 Å². The summed E-state index contributed by atoms with van der Waals surface area (Å²) in [4.78, 5) is 10.9.